The third-order valence-electron chi connectivity index (χ3n) is 3.36. The number of carboxylic acids is 4. The maximum atomic E-state index is 10.6. The minimum atomic E-state index is -4.64. The van der Waals surface area contributed by atoms with Crippen molar-refractivity contribution < 1.29 is 100 Å². The largest absolute Gasteiger partial charge is 0.473 e. The van der Waals surface area contributed by atoms with Gasteiger partial charge in [-0.2, -0.15) is 17.6 Å². The molecule has 0 aromatic heterocycles. The van der Waals surface area contributed by atoms with Crippen LogP contribution in [0.25, 0.3) is 0 Å². The number of carbonyl (C=O) groups is 8. The van der Waals surface area contributed by atoms with Crippen molar-refractivity contribution in [1.82, 2.24) is 0 Å². The standard InChI is InChI=1S/C8H20N.4C2HFO3.H3O4P/c1-5-9(6-2,7-3)8-4;4*3-1(4)2(5)6;1-5(2,3)4/h5-8H2,1-4H3;4*(H,5,6);(H3,1,2,3,4)/q+1;;;;;. The normalized spacial score (nSPS) is 9.13. The zero-order valence-electron chi connectivity index (χ0n) is 20.0. The lowest BCUT2D eigenvalue weighted by molar-refractivity contribution is -0.921. The van der Waals surface area contributed by atoms with Crippen molar-refractivity contribution in [2.45, 2.75) is 27.7 Å². The molecule has 0 aromatic carbocycles. The van der Waals surface area contributed by atoms with Crippen LogP contribution in [0.3, 0.4) is 0 Å². The SMILES string of the molecule is CC[N+](CC)(CC)CC.O=C(O)C(=O)F.O=C(O)C(=O)F.O=C(O)C(=O)F.O=C(O)C(=O)F.O=P(O)(O)O. The summed E-state index contributed by atoms with van der Waals surface area (Å²) in [4.78, 5) is 93.0. The highest BCUT2D eigenvalue weighted by Gasteiger charge is 2.16. The number of quaternary nitrogens is 1. The predicted octanol–water partition coefficient (Wildman–Crippen LogP) is -0.777. The van der Waals surface area contributed by atoms with Gasteiger partial charge < -0.3 is 39.6 Å². The predicted molar refractivity (Wildman–Crippen MR) is 112 cm³/mol. The molecule has 17 nitrogen and oxygen atoms in total. The number of nitrogens with zero attached hydrogens (tertiary/aromatic N) is 1. The van der Waals surface area contributed by atoms with E-state index in [1.807, 2.05) is 0 Å². The molecule has 224 valence electrons. The molecular weight excluding hydrogens is 569 g/mol. The second kappa shape index (κ2) is 26.4. The molecule has 22 heteroatoms. The van der Waals surface area contributed by atoms with Crippen LogP contribution in [0.5, 0.6) is 0 Å². The van der Waals surface area contributed by atoms with E-state index in [2.05, 4.69) is 27.7 Å². The smallest absolute Gasteiger partial charge is 0.466 e. The van der Waals surface area contributed by atoms with Crippen molar-refractivity contribution in [1.29, 1.82) is 0 Å². The van der Waals surface area contributed by atoms with Crippen LogP contribution in [0.15, 0.2) is 0 Å². The summed E-state index contributed by atoms with van der Waals surface area (Å²) in [7, 11) is -4.64. The van der Waals surface area contributed by atoms with Gasteiger partial charge in [0.25, 0.3) is 0 Å². The lowest BCUT2D eigenvalue weighted by atomic mass is 10.3. The van der Waals surface area contributed by atoms with E-state index in [0.29, 0.717) is 0 Å². The van der Waals surface area contributed by atoms with E-state index in [-0.39, 0.29) is 0 Å². The fourth-order valence-electron chi connectivity index (χ4n) is 1.34. The zero-order chi connectivity index (χ0) is 32.4. The molecule has 38 heavy (non-hydrogen) atoms. The number of halogens is 4. The summed E-state index contributed by atoms with van der Waals surface area (Å²) < 4.78 is 52.5. The van der Waals surface area contributed by atoms with Crippen molar-refractivity contribution >= 4 is 55.8 Å². The number of carbonyl (C=O) groups excluding carboxylic acids is 4. The first kappa shape index (κ1) is 47.5. The van der Waals surface area contributed by atoms with Gasteiger partial charge in [-0.1, -0.05) is 0 Å². The number of aliphatic carboxylic acids is 4. The number of hydrogen-bond donors (Lipinski definition) is 7. The van der Waals surface area contributed by atoms with Gasteiger partial charge in [-0.05, 0) is 27.7 Å². The third-order valence-corrected chi connectivity index (χ3v) is 3.36. The van der Waals surface area contributed by atoms with Crippen LogP contribution >= 0.6 is 7.82 Å². The van der Waals surface area contributed by atoms with Crippen LogP contribution in [0.1, 0.15) is 27.7 Å². The minimum Gasteiger partial charge on any atom is -0.473 e. The third kappa shape index (κ3) is 53.6. The van der Waals surface area contributed by atoms with Gasteiger partial charge in [-0.15, -0.1) is 0 Å². The Balaban J connectivity index is -0.0000000818. The first-order valence-electron chi connectivity index (χ1n) is 9.16. The summed E-state index contributed by atoms with van der Waals surface area (Å²) in [6, 6.07) is -9.30. The summed E-state index contributed by atoms with van der Waals surface area (Å²) in [6.07, 6.45) is 0. The second-order valence-corrected chi connectivity index (χ2v) is 6.46. The highest BCUT2D eigenvalue weighted by atomic mass is 31.2. The van der Waals surface area contributed by atoms with Crippen LogP contribution in [-0.2, 0) is 42.9 Å². The molecule has 0 unspecified atom stereocenters. The van der Waals surface area contributed by atoms with Crippen molar-refractivity contribution in [2.24, 2.45) is 0 Å². The summed E-state index contributed by atoms with van der Waals surface area (Å²) in [5, 5.41) is 29.1. The van der Waals surface area contributed by atoms with Crippen molar-refractivity contribution in [3.05, 3.63) is 0 Å². The molecule has 0 saturated heterocycles. The molecule has 0 saturated carbocycles. The molecule has 0 rings (SSSR count). The van der Waals surface area contributed by atoms with E-state index in [1.165, 1.54) is 30.7 Å². The lowest BCUT2D eigenvalue weighted by Crippen LogP contribution is -2.47. The Labute approximate surface area is 210 Å². The lowest BCUT2D eigenvalue weighted by Gasteiger charge is -2.34. The van der Waals surface area contributed by atoms with Gasteiger partial charge in [0, 0.05) is 0 Å². The van der Waals surface area contributed by atoms with Gasteiger partial charge in [-0.25, -0.2) is 42.9 Å². The Morgan fingerprint density at radius 2 is 0.579 bits per heavy atom. The van der Waals surface area contributed by atoms with E-state index in [9.17, 15) is 17.6 Å². The minimum absolute atomic E-state index is 1.28. The molecule has 0 aliphatic rings. The number of rotatable bonds is 8. The maximum Gasteiger partial charge on any atom is 0.466 e. The molecule has 0 atom stereocenters. The molecule has 0 heterocycles. The van der Waals surface area contributed by atoms with E-state index >= 15 is 0 Å². The van der Waals surface area contributed by atoms with Crippen molar-refractivity contribution in [2.75, 3.05) is 26.2 Å². The summed E-state index contributed by atoms with van der Waals surface area (Å²) in [5.74, 6) is -8.19. The van der Waals surface area contributed by atoms with E-state index in [0.717, 1.165) is 0 Å². The number of phosphoric acid groups is 1. The van der Waals surface area contributed by atoms with Crippen LogP contribution in [0.2, 0.25) is 0 Å². The van der Waals surface area contributed by atoms with Gasteiger partial charge in [0.2, 0.25) is 0 Å². The summed E-state index contributed by atoms with van der Waals surface area (Å²) in [6.45, 7) is 14.2. The average molecular weight is 596 g/mol. The summed E-state index contributed by atoms with van der Waals surface area (Å²) in [5.41, 5.74) is 0. The Kier molecular flexibility index (Phi) is 33.0. The van der Waals surface area contributed by atoms with Crippen LogP contribution in [-0.4, -0.2) is 114 Å². The molecule has 0 radical (unpaired) electrons. The van der Waals surface area contributed by atoms with Crippen LogP contribution in [0.4, 0.5) is 17.6 Å². The molecule has 0 bridgehead atoms. The molecular formula is C16H27F4NO16P+. The van der Waals surface area contributed by atoms with Gasteiger partial charge in [0.1, 0.15) is 0 Å². The topological polar surface area (TPSA) is 295 Å². The number of carboxylic acid groups (broad SMARTS) is 4. The van der Waals surface area contributed by atoms with Crippen molar-refractivity contribution in [3.63, 3.8) is 0 Å². The fraction of sp³-hybridized carbons (Fsp3) is 0.500. The number of hydrogen-bond acceptors (Lipinski definition) is 9. The molecule has 0 aliphatic heterocycles. The molecule has 7 N–H and O–H groups in total. The highest BCUT2D eigenvalue weighted by Crippen LogP contribution is 2.25. The second-order valence-electron chi connectivity index (χ2n) is 5.44. The highest BCUT2D eigenvalue weighted by molar-refractivity contribution is 7.45. The first-order valence-corrected chi connectivity index (χ1v) is 10.7. The van der Waals surface area contributed by atoms with Gasteiger partial charge in [0.05, 0.1) is 26.2 Å². The van der Waals surface area contributed by atoms with Gasteiger partial charge in [0.15, 0.2) is 0 Å². The molecule has 0 spiro atoms. The Hall–Kier alpha value is -3.65. The quantitative estimate of drug-likeness (QED) is 0.0594. The Morgan fingerprint density at radius 3 is 0.579 bits per heavy atom. The average Bonchev–Trinajstić information content (AvgIpc) is 2.76. The molecule has 0 aliphatic carbocycles. The van der Waals surface area contributed by atoms with Crippen molar-refractivity contribution in [3.8, 4) is 0 Å². The van der Waals surface area contributed by atoms with E-state index < -0.39 is 55.8 Å². The Bertz CT molecular complexity index is 672. The first-order chi connectivity index (χ1) is 16.8. The fourth-order valence-corrected chi connectivity index (χ4v) is 1.34. The zero-order valence-corrected chi connectivity index (χ0v) is 20.9. The maximum absolute atomic E-state index is 10.6. The Morgan fingerprint density at radius 1 is 0.500 bits per heavy atom. The van der Waals surface area contributed by atoms with Gasteiger partial charge in [-0.3, -0.25) is 0 Å². The monoisotopic (exact) mass is 596 g/mol. The van der Waals surface area contributed by atoms with Gasteiger partial charge >= 0.3 is 55.8 Å². The van der Waals surface area contributed by atoms with Crippen LogP contribution in [0, 0.1) is 0 Å². The molecule has 0 amide bonds. The molecule has 0 fully saturated rings. The van der Waals surface area contributed by atoms with E-state index in [4.69, 9.17) is 78.0 Å². The molecule has 0 aromatic rings. The van der Waals surface area contributed by atoms with E-state index in [1.54, 1.807) is 0 Å². The van der Waals surface area contributed by atoms with Crippen LogP contribution < -0.4 is 0 Å². The summed E-state index contributed by atoms with van der Waals surface area (Å²) >= 11 is 0.